The summed E-state index contributed by atoms with van der Waals surface area (Å²) in [6, 6.07) is 5.01. The first kappa shape index (κ1) is 11.1. The highest BCUT2D eigenvalue weighted by Gasteiger charge is 2.05. The zero-order valence-corrected chi connectivity index (χ0v) is 9.04. The van der Waals surface area contributed by atoms with Crippen LogP contribution in [0.3, 0.4) is 0 Å². The van der Waals surface area contributed by atoms with Gasteiger partial charge in [0.2, 0.25) is 0 Å². The predicted octanol–water partition coefficient (Wildman–Crippen LogP) is 3.33. The molecule has 2 nitrogen and oxygen atoms in total. The lowest BCUT2D eigenvalue weighted by atomic mass is 10.2. The molecule has 1 aromatic carbocycles. The molecule has 0 fully saturated rings. The Labute approximate surface area is 88.8 Å². The molecule has 1 unspecified atom stereocenters. The van der Waals surface area contributed by atoms with E-state index < -0.39 is 0 Å². The Morgan fingerprint density at radius 1 is 1.57 bits per heavy atom. The average molecular weight is 213 g/mol. The molecule has 76 valence electrons. The number of rotatable bonds is 4. The Morgan fingerprint density at radius 2 is 2.29 bits per heavy atom. The molecule has 0 N–H and O–H groups in total. The molecule has 0 aromatic heterocycles. The Balaban J connectivity index is 2.83. The minimum atomic E-state index is 0.134. The molecule has 1 rings (SSSR count). The van der Waals surface area contributed by atoms with Gasteiger partial charge in [0.05, 0.1) is 11.1 Å². The summed E-state index contributed by atoms with van der Waals surface area (Å²) in [5, 5.41) is 0.481. The van der Waals surface area contributed by atoms with Crippen LogP contribution in [0.4, 0.5) is 0 Å². The summed E-state index contributed by atoms with van der Waals surface area (Å²) in [6.45, 7) is 4.02. The van der Waals surface area contributed by atoms with Crippen LogP contribution in [0.15, 0.2) is 18.2 Å². The largest absolute Gasteiger partial charge is 0.489 e. The highest BCUT2D eigenvalue weighted by atomic mass is 35.5. The van der Waals surface area contributed by atoms with Crippen molar-refractivity contribution in [2.45, 2.75) is 26.4 Å². The number of hydrogen-bond acceptors (Lipinski definition) is 2. The minimum Gasteiger partial charge on any atom is -0.489 e. The van der Waals surface area contributed by atoms with Crippen LogP contribution in [0, 0.1) is 0 Å². The molecule has 0 amide bonds. The second-order valence-electron chi connectivity index (χ2n) is 3.14. The van der Waals surface area contributed by atoms with Crippen molar-refractivity contribution in [1.29, 1.82) is 0 Å². The molecule has 3 heteroatoms. The van der Waals surface area contributed by atoms with Crippen molar-refractivity contribution in [3.63, 3.8) is 0 Å². The molecule has 0 bridgehead atoms. The highest BCUT2D eigenvalue weighted by Crippen LogP contribution is 2.26. The predicted molar refractivity (Wildman–Crippen MR) is 57.2 cm³/mol. The highest BCUT2D eigenvalue weighted by molar-refractivity contribution is 6.32. The van der Waals surface area contributed by atoms with Gasteiger partial charge < -0.3 is 4.74 Å². The monoisotopic (exact) mass is 212 g/mol. The van der Waals surface area contributed by atoms with E-state index in [0.29, 0.717) is 16.3 Å². The lowest BCUT2D eigenvalue weighted by Gasteiger charge is -2.13. The number of benzene rings is 1. The molecular weight excluding hydrogens is 200 g/mol. The Bertz CT molecular complexity index is 323. The summed E-state index contributed by atoms with van der Waals surface area (Å²) in [7, 11) is 0. The Kier molecular flexibility index (Phi) is 3.96. The first-order valence-electron chi connectivity index (χ1n) is 4.58. The molecule has 0 aliphatic heterocycles. The van der Waals surface area contributed by atoms with Crippen LogP contribution < -0.4 is 4.74 Å². The number of carbonyl (C=O) groups excluding carboxylic acids is 1. The fourth-order valence-electron chi connectivity index (χ4n) is 0.986. The van der Waals surface area contributed by atoms with Crippen molar-refractivity contribution in [1.82, 2.24) is 0 Å². The fourth-order valence-corrected chi connectivity index (χ4v) is 1.22. The van der Waals surface area contributed by atoms with Gasteiger partial charge in [0.1, 0.15) is 12.0 Å². The number of ether oxygens (including phenoxy) is 1. The second-order valence-corrected chi connectivity index (χ2v) is 3.55. The number of aldehydes is 1. The summed E-state index contributed by atoms with van der Waals surface area (Å²) in [5.74, 6) is 0.631. The van der Waals surface area contributed by atoms with Gasteiger partial charge in [0.15, 0.2) is 0 Å². The van der Waals surface area contributed by atoms with E-state index in [1.165, 1.54) is 0 Å². The van der Waals surface area contributed by atoms with E-state index >= 15 is 0 Å². The van der Waals surface area contributed by atoms with Crippen molar-refractivity contribution in [3.05, 3.63) is 28.8 Å². The first-order chi connectivity index (χ1) is 6.67. The van der Waals surface area contributed by atoms with Crippen LogP contribution >= 0.6 is 11.6 Å². The lowest BCUT2D eigenvalue weighted by Crippen LogP contribution is -2.09. The number of carbonyl (C=O) groups is 1. The van der Waals surface area contributed by atoms with Crippen LogP contribution in [-0.2, 0) is 0 Å². The van der Waals surface area contributed by atoms with E-state index in [1.807, 2.05) is 13.8 Å². The summed E-state index contributed by atoms with van der Waals surface area (Å²) in [5.41, 5.74) is 0.562. The van der Waals surface area contributed by atoms with Crippen LogP contribution in [-0.4, -0.2) is 12.4 Å². The van der Waals surface area contributed by atoms with Crippen molar-refractivity contribution >= 4 is 17.9 Å². The van der Waals surface area contributed by atoms with E-state index in [0.717, 1.165) is 12.7 Å². The van der Waals surface area contributed by atoms with Gasteiger partial charge in [-0.2, -0.15) is 0 Å². The van der Waals surface area contributed by atoms with Gasteiger partial charge in [-0.1, -0.05) is 18.5 Å². The van der Waals surface area contributed by atoms with Crippen LogP contribution in [0.2, 0.25) is 5.02 Å². The fraction of sp³-hybridized carbons (Fsp3) is 0.364. The first-order valence-corrected chi connectivity index (χ1v) is 4.96. The third-order valence-corrected chi connectivity index (χ3v) is 2.29. The Hall–Kier alpha value is -1.02. The molecule has 0 heterocycles. The van der Waals surface area contributed by atoms with Crippen LogP contribution in [0.5, 0.6) is 5.75 Å². The molecule has 0 radical (unpaired) electrons. The van der Waals surface area contributed by atoms with E-state index in [2.05, 4.69) is 0 Å². The summed E-state index contributed by atoms with van der Waals surface area (Å²) < 4.78 is 5.55. The Morgan fingerprint density at radius 3 is 2.79 bits per heavy atom. The third-order valence-electron chi connectivity index (χ3n) is 2.00. The second kappa shape index (κ2) is 5.01. The average Bonchev–Trinajstić information content (AvgIpc) is 2.20. The van der Waals surface area contributed by atoms with E-state index in [9.17, 15) is 4.79 Å². The molecule has 0 saturated heterocycles. The van der Waals surface area contributed by atoms with Gasteiger partial charge >= 0.3 is 0 Å². The zero-order valence-electron chi connectivity index (χ0n) is 8.29. The maximum Gasteiger partial charge on any atom is 0.150 e. The summed E-state index contributed by atoms with van der Waals surface area (Å²) in [4.78, 5) is 10.4. The van der Waals surface area contributed by atoms with Gasteiger partial charge in [-0.15, -0.1) is 0 Å². The lowest BCUT2D eigenvalue weighted by molar-refractivity contribution is 0.112. The van der Waals surface area contributed by atoms with Crippen molar-refractivity contribution in [3.8, 4) is 5.75 Å². The van der Waals surface area contributed by atoms with Gasteiger partial charge in [-0.25, -0.2) is 0 Å². The van der Waals surface area contributed by atoms with Crippen molar-refractivity contribution in [2.24, 2.45) is 0 Å². The van der Waals surface area contributed by atoms with Crippen molar-refractivity contribution < 1.29 is 9.53 Å². The van der Waals surface area contributed by atoms with E-state index in [-0.39, 0.29) is 6.10 Å². The van der Waals surface area contributed by atoms with E-state index in [4.69, 9.17) is 16.3 Å². The molecule has 14 heavy (non-hydrogen) atoms. The smallest absolute Gasteiger partial charge is 0.150 e. The van der Waals surface area contributed by atoms with Gasteiger partial charge in [0.25, 0.3) is 0 Å². The number of hydrogen-bond donors (Lipinski definition) is 0. The molecular formula is C11H13ClO2. The van der Waals surface area contributed by atoms with Crippen molar-refractivity contribution in [2.75, 3.05) is 0 Å². The molecule has 1 atom stereocenters. The van der Waals surface area contributed by atoms with Gasteiger partial charge in [-0.05, 0) is 31.5 Å². The molecule has 0 aliphatic carbocycles. The molecule has 0 saturated carbocycles. The standard InChI is InChI=1S/C11H13ClO2/c1-3-8(2)14-11-5-4-9(7-13)6-10(11)12/h4-8H,3H2,1-2H3. The quantitative estimate of drug-likeness (QED) is 0.716. The maximum atomic E-state index is 10.4. The molecule has 1 aromatic rings. The molecule has 0 aliphatic rings. The van der Waals surface area contributed by atoms with Gasteiger partial charge in [0, 0.05) is 5.56 Å². The van der Waals surface area contributed by atoms with Gasteiger partial charge in [-0.3, -0.25) is 4.79 Å². The maximum absolute atomic E-state index is 10.4. The molecule has 0 spiro atoms. The van der Waals surface area contributed by atoms with E-state index in [1.54, 1.807) is 18.2 Å². The minimum absolute atomic E-state index is 0.134. The summed E-state index contributed by atoms with van der Waals surface area (Å²) >= 11 is 5.93. The summed E-state index contributed by atoms with van der Waals surface area (Å²) in [6.07, 6.45) is 1.82. The zero-order chi connectivity index (χ0) is 10.6. The topological polar surface area (TPSA) is 26.3 Å². The SMILES string of the molecule is CCC(C)Oc1ccc(C=O)cc1Cl. The van der Waals surface area contributed by atoms with Crippen LogP contribution in [0.25, 0.3) is 0 Å². The normalized spacial score (nSPS) is 12.2. The van der Waals surface area contributed by atoms with Crippen LogP contribution in [0.1, 0.15) is 30.6 Å². The number of halogens is 1. The third kappa shape index (κ3) is 2.74.